The molecule has 2 atom stereocenters. The smallest absolute Gasteiger partial charge is 0.337 e. The molecule has 46 heavy (non-hydrogen) atoms. The molecule has 4 rings (SSSR count). The first kappa shape index (κ1) is 34.2. The van der Waals surface area contributed by atoms with Gasteiger partial charge >= 0.3 is 12.0 Å². The molecule has 0 aliphatic carbocycles. The highest BCUT2D eigenvalue weighted by Gasteiger charge is 2.32. The molecule has 4 N–H and O–H groups in total. The summed E-state index contributed by atoms with van der Waals surface area (Å²) in [6.07, 6.45) is 0.263. The van der Waals surface area contributed by atoms with Gasteiger partial charge in [0.25, 0.3) is 0 Å². The number of carbonyl (C=O) groups is 2. The van der Waals surface area contributed by atoms with Crippen LogP contribution in [0.5, 0.6) is 23.0 Å². The number of halogens is 2. The molecular weight excluding hydrogens is 639 g/mol. The number of esters is 1. The predicted octanol–water partition coefficient (Wildman–Crippen LogP) is 5.10. The molecule has 244 valence electrons. The number of hydrogen-bond acceptors (Lipinski definition) is 10. The number of hydrogen-bond donors (Lipinski definition) is 4. The zero-order valence-electron chi connectivity index (χ0n) is 25.6. The molecule has 1 aliphatic heterocycles. The van der Waals surface area contributed by atoms with Crippen LogP contribution in [0.2, 0.25) is 10.0 Å². The van der Waals surface area contributed by atoms with Crippen LogP contribution in [-0.4, -0.2) is 57.0 Å². The summed E-state index contributed by atoms with van der Waals surface area (Å²) in [5.41, 5.74) is 5.19. The van der Waals surface area contributed by atoms with Gasteiger partial charge in [-0.15, -0.1) is 0 Å². The van der Waals surface area contributed by atoms with Gasteiger partial charge in [0.2, 0.25) is 0 Å². The summed E-state index contributed by atoms with van der Waals surface area (Å²) < 4.78 is 27.8. The van der Waals surface area contributed by atoms with Crippen molar-refractivity contribution in [3.63, 3.8) is 0 Å². The van der Waals surface area contributed by atoms with Gasteiger partial charge in [0, 0.05) is 16.3 Å². The Kier molecular flexibility index (Phi) is 12.0. The van der Waals surface area contributed by atoms with Crippen LogP contribution >= 0.6 is 23.2 Å². The molecule has 0 saturated carbocycles. The van der Waals surface area contributed by atoms with Gasteiger partial charge in [-0.3, -0.25) is 5.43 Å². The van der Waals surface area contributed by atoms with Crippen molar-refractivity contribution >= 4 is 41.4 Å². The van der Waals surface area contributed by atoms with E-state index in [1.807, 2.05) is 18.2 Å². The summed E-state index contributed by atoms with van der Waals surface area (Å²) in [7, 11) is 2.76. The molecule has 0 fully saturated rings. The number of ether oxygens (including phenoxy) is 5. The lowest BCUT2D eigenvalue weighted by atomic mass is 9.95. The first-order chi connectivity index (χ1) is 22.1. The van der Waals surface area contributed by atoms with E-state index in [4.69, 9.17) is 46.9 Å². The van der Waals surface area contributed by atoms with Gasteiger partial charge in [-0.25, -0.2) is 9.59 Å². The fourth-order valence-corrected chi connectivity index (χ4v) is 5.00. The number of nitrogens with zero attached hydrogens (tertiary/aromatic N) is 1. The van der Waals surface area contributed by atoms with Gasteiger partial charge in [0.05, 0.1) is 43.7 Å². The standard InChI is InChI=1S/C32H34Cl2N4O8/c1-5-44-25-14-20(29-28(31(40)43-4)18(2)36-32(41)37-29)10-11-24(25)45-17-27(39)38-35-15-19-12-23(34)30(26(13-19)42-3)46-16-21-8-6-7-9-22(21)33/h6-15,27,29,38-39H,5,16-17H2,1-4H3,(H2,36,37,41)/b35-15-/t27-,29+/m1/s1. The topological polar surface area (TPSA) is 149 Å². The van der Waals surface area contributed by atoms with E-state index in [1.165, 1.54) is 20.4 Å². The van der Waals surface area contributed by atoms with Gasteiger partial charge in [-0.2, -0.15) is 5.10 Å². The number of urea groups is 1. The third-order valence-corrected chi connectivity index (χ3v) is 7.34. The lowest BCUT2D eigenvalue weighted by molar-refractivity contribution is -0.136. The maximum absolute atomic E-state index is 12.5. The highest BCUT2D eigenvalue weighted by atomic mass is 35.5. The van der Waals surface area contributed by atoms with E-state index < -0.39 is 24.3 Å². The second-order valence-corrected chi connectivity index (χ2v) is 10.6. The Morgan fingerprint density at radius 1 is 1.04 bits per heavy atom. The molecule has 0 spiro atoms. The lowest BCUT2D eigenvalue weighted by Crippen LogP contribution is -2.45. The van der Waals surface area contributed by atoms with E-state index >= 15 is 0 Å². The van der Waals surface area contributed by atoms with E-state index in [-0.39, 0.29) is 18.8 Å². The van der Waals surface area contributed by atoms with Crippen molar-refractivity contribution in [2.75, 3.05) is 27.4 Å². The van der Waals surface area contributed by atoms with E-state index in [0.717, 1.165) is 5.56 Å². The van der Waals surface area contributed by atoms with Gasteiger partial charge in [0.1, 0.15) is 13.2 Å². The van der Waals surface area contributed by atoms with Crippen LogP contribution in [-0.2, 0) is 16.1 Å². The summed E-state index contributed by atoms with van der Waals surface area (Å²) >= 11 is 12.7. The number of nitrogens with one attached hydrogen (secondary N) is 3. The van der Waals surface area contributed by atoms with E-state index in [0.29, 0.717) is 56.5 Å². The average Bonchev–Trinajstić information content (AvgIpc) is 3.03. The van der Waals surface area contributed by atoms with Gasteiger partial charge in [0.15, 0.2) is 29.2 Å². The Balaban J connectivity index is 1.39. The molecule has 2 amide bonds. The fourth-order valence-electron chi connectivity index (χ4n) is 4.54. The van der Waals surface area contributed by atoms with Crippen LogP contribution in [0.1, 0.15) is 36.6 Å². The Hall–Kier alpha value is -4.65. The monoisotopic (exact) mass is 672 g/mol. The van der Waals surface area contributed by atoms with Crippen LogP contribution in [0.4, 0.5) is 4.79 Å². The number of rotatable bonds is 14. The van der Waals surface area contributed by atoms with Crippen molar-refractivity contribution in [1.29, 1.82) is 0 Å². The van der Waals surface area contributed by atoms with E-state index in [9.17, 15) is 14.7 Å². The molecule has 0 unspecified atom stereocenters. The normalized spacial score (nSPS) is 15.1. The summed E-state index contributed by atoms with van der Waals surface area (Å²) in [4.78, 5) is 24.6. The number of aliphatic hydroxyl groups is 1. The van der Waals surface area contributed by atoms with Crippen LogP contribution < -0.4 is 35.0 Å². The molecular formula is C32H34Cl2N4O8. The molecule has 12 nitrogen and oxygen atoms in total. The quantitative estimate of drug-likeness (QED) is 0.0794. The Morgan fingerprint density at radius 2 is 1.83 bits per heavy atom. The number of carbonyl (C=O) groups excluding carboxylic acids is 2. The highest BCUT2D eigenvalue weighted by molar-refractivity contribution is 6.32. The minimum Gasteiger partial charge on any atom is -0.493 e. The Bertz CT molecular complexity index is 1630. The molecule has 0 saturated heterocycles. The predicted molar refractivity (Wildman–Crippen MR) is 173 cm³/mol. The van der Waals surface area contributed by atoms with Crippen LogP contribution in [0, 0.1) is 0 Å². The van der Waals surface area contributed by atoms with Crippen molar-refractivity contribution in [3.8, 4) is 23.0 Å². The minimum absolute atomic E-state index is 0.188. The Morgan fingerprint density at radius 3 is 2.54 bits per heavy atom. The third kappa shape index (κ3) is 8.53. The fraction of sp³-hybridized carbons (Fsp3) is 0.281. The molecule has 0 radical (unpaired) electrons. The largest absolute Gasteiger partial charge is 0.493 e. The van der Waals surface area contributed by atoms with Gasteiger partial charge in [-0.1, -0.05) is 47.5 Å². The molecule has 1 aliphatic rings. The van der Waals surface area contributed by atoms with Crippen LogP contribution in [0.15, 0.2) is 71.0 Å². The van der Waals surface area contributed by atoms with Crippen LogP contribution in [0.3, 0.4) is 0 Å². The lowest BCUT2D eigenvalue weighted by Gasteiger charge is -2.28. The number of allylic oxidation sites excluding steroid dienone is 1. The van der Waals surface area contributed by atoms with Crippen molar-refractivity contribution in [3.05, 3.63) is 92.6 Å². The van der Waals surface area contributed by atoms with E-state index in [1.54, 1.807) is 50.2 Å². The zero-order chi connectivity index (χ0) is 33.2. The van der Waals surface area contributed by atoms with Crippen molar-refractivity contribution < 1.29 is 38.4 Å². The average molecular weight is 674 g/mol. The first-order valence-corrected chi connectivity index (χ1v) is 14.9. The van der Waals surface area contributed by atoms with Crippen molar-refractivity contribution in [2.45, 2.75) is 32.7 Å². The number of hydrazone groups is 1. The van der Waals surface area contributed by atoms with E-state index in [2.05, 4.69) is 21.2 Å². The molecule has 0 bridgehead atoms. The maximum Gasteiger partial charge on any atom is 0.337 e. The summed E-state index contributed by atoms with van der Waals surface area (Å²) in [6, 6.07) is 14.4. The van der Waals surface area contributed by atoms with Gasteiger partial charge in [-0.05, 0) is 55.3 Å². The second-order valence-electron chi connectivity index (χ2n) is 9.83. The minimum atomic E-state index is -1.19. The molecule has 3 aromatic rings. The van der Waals surface area contributed by atoms with Crippen molar-refractivity contribution in [2.24, 2.45) is 5.10 Å². The zero-order valence-corrected chi connectivity index (χ0v) is 27.1. The molecule has 3 aromatic carbocycles. The van der Waals surface area contributed by atoms with Crippen molar-refractivity contribution in [1.82, 2.24) is 16.1 Å². The molecule has 1 heterocycles. The first-order valence-electron chi connectivity index (χ1n) is 14.1. The highest BCUT2D eigenvalue weighted by Crippen LogP contribution is 2.37. The maximum atomic E-state index is 12.5. The second kappa shape index (κ2) is 16.1. The summed E-state index contributed by atoms with van der Waals surface area (Å²) in [6.45, 7) is 3.75. The van der Waals surface area contributed by atoms with Gasteiger partial charge < -0.3 is 39.4 Å². The third-order valence-electron chi connectivity index (χ3n) is 6.69. The summed E-state index contributed by atoms with van der Waals surface area (Å²) in [5.74, 6) is 0.851. The molecule has 0 aromatic heterocycles. The summed E-state index contributed by atoms with van der Waals surface area (Å²) in [5, 5.41) is 20.7. The number of benzene rings is 3. The number of methoxy groups -OCH3 is 2. The number of amides is 2. The number of aliphatic hydroxyl groups excluding tert-OH is 1. The van der Waals surface area contributed by atoms with Crippen LogP contribution in [0.25, 0.3) is 0 Å². The Labute approximate surface area is 276 Å². The SMILES string of the molecule is CCOc1cc([C@@H]2NC(=O)NC(C)=C2C(=O)OC)ccc1OC[C@@H](O)N/N=C\c1cc(Cl)c(OCc2ccccc2Cl)c(OC)c1. The molecule has 14 heteroatoms.